The Morgan fingerprint density at radius 3 is 2.36 bits per heavy atom. The van der Waals surface area contributed by atoms with Crippen LogP contribution in [-0.4, -0.2) is 31.1 Å². The van der Waals surface area contributed by atoms with Crippen molar-refractivity contribution in [2.45, 2.75) is 25.8 Å². The summed E-state index contributed by atoms with van der Waals surface area (Å²) in [6.07, 6.45) is 2.49. The molecule has 1 aliphatic heterocycles. The molecule has 2 nitrogen and oxygen atoms in total. The lowest BCUT2D eigenvalue weighted by molar-refractivity contribution is 0.165. The van der Waals surface area contributed by atoms with E-state index in [9.17, 15) is 0 Å². The van der Waals surface area contributed by atoms with E-state index in [4.69, 9.17) is 0 Å². The first-order chi connectivity index (χ1) is 9.88. The molecule has 1 saturated heterocycles. The zero-order valence-corrected chi connectivity index (χ0v) is 14.8. The second kappa shape index (κ2) is 9.36. The third-order valence-corrected chi connectivity index (χ3v) is 4.31. The molecule has 0 unspecified atom stereocenters. The first-order valence-corrected chi connectivity index (χ1v) is 7.82. The molecule has 3 rings (SSSR count). The van der Waals surface area contributed by atoms with E-state index >= 15 is 0 Å². The van der Waals surface area contributed by atoms with Crippen molar-refractivity contribution in [2.24, 2.45) is 0 Å². The lowest BCUT2D eigenvalue weighted by Gasteiger charge is -2.35. The predicted molar refractivity (Wildman–Crippen MR) is 101 cm³/mol. The second-order valence-electron chi connectivity index (χ2n) is 5.70. The average molecular weight is 341 g/mol. The molecule has 122 valence electrons. The molecule has 1 fully saturated rings. The van der Waals surface area contributed by atoms with E-state index in [-0.39, 0.29) is 24.8 Å². The molecule has 0 saturated carbocycles. The largest absolute Gasteiger partial charge is 0.314 e. The lowest BCUT2D eigenvalue weighted by atomic mass is 9.97. The summed E-state index contributed by atoms with van der Waals surface area (Å²) in [6.45, 7) is 6.85. The molecule has 22 heavy (non-hydrogen) atoms. The summed E-state index contributed by atoms with van der Waals surface area (Å²) < 4.78 is 0. The fourth-order valence-corrected chi connectivity index (χ4v) is 3.24. The Hall–Kier alpha value is -0.800. The molecule has 0 radical (unpaired) electrons. The Morgan fingerprint density at radius 1 is 1.00 bits per heavy atom. The van der Waals surface area contributed by atoms with Crippen LogP contribution in [0.25, 0.3) is 10.8 Å². The van der Waals surface area contributed by atoms with Gasteiger partial charge in [0.05, 0.1) is 0 Å². The highest BCUT2D eigenvalue weighted by Crippen LogP contribution is 2.28. The van der Waals surface area contributed by atoms with Crippen molar-refractivity contribution in [3.05, 3.63) is 48.0 Å². The SMILES string of the molecule is CCC[C@@H](c1ccc2ccccc2c1)N1CCNCC1.Cl.Cl. The minimum Gasteiger partial charge on any atom is -0.314 e. The summed E-state index contributed by atoms with van der Waals surface area (Å²) in [6, 6.07) is 16.2. The van der Waals surface area contributed by atoms with E-state index in [0.717, 1.165) is 26.2 Å². The fourth-order valence-electron chi connectivity index (χ4n) is 3.24. The van der Waals surface area contributed by atoms with Crippen LogP contribution in [0.5, 0.6) is 0 Å². The van der Waals surface area contributed by atoms with Crippen LogP contribution >= 0.6 is 24.8 Å². The standard InChI is InChI=1S/C18H24N2.2ClH/c1-2-5-18(20-12-10-19-11-13-20)17-9-8-15-6-3-4-7-16(15)14-17;;/h3-4,6-9,14,18-19H,2,5,10-13H2,1H3;2*1H/t18-;;/m0../s1. The van der Waals surface area contributed by atoms with Gasteiger partial charge < -0.3 is 5.32 Å². The summed E-state index contributed by atoms with van der Waals surface area (Å²) in [5, 5.41) is 6.15. The van der Waals surface area contributed by atoms with Crippen LogP contribution < -0.4 is 5.32 Å². The third-order valence-electron chi connectivity index (χ3n) is 4.31. The monoisotopic (exact) mass is 340 g/mol. The van der Waals surface area contributed by atoms with E-state index in [1.807, 2.05) is 0 Å². The minimum absolute atomic E-state index is 0. The molecule has 1 heterocycles. The Labute approximate surface area is 146 Å². The number of halogens is 2. The van der Waals surface area contributed by atoms with E-state index in [2.05, 4.69) is 59.6 Å². The maximum absolute atomic E-state index is 3.45. The van der Waals surface area contributed by atoms with Crippen molar-refractivity contribution in [1.29, 1.82) is 0 Å². The molecule has 1 aliphatic rings. The van der Waals surface area contributed by atoms with Crippen LogP contribution in [0.4, 0.5) is 0 Å². The Bertz CT molecular complexity index is 568. The molecule has 0 bridgehead atoms. The van der Waals surface area contributed by atoms with Crippen molar-refractivity contribution in [3.8, 4) is 0 Å². The topological polar surface area (TPSA) is 15.3 Å². The molecule has 1 N–H and O–H groups in total. The van der Waals surface area contributed by atoms with Gasteiger partial charge in [0.2, 0.25) is 0 Å². The highest BCUT2D eigenvalue weighted by atomic mass is 35.5. The summed E-state index contributed by atoms with van der Waals surface area (Å²) in [7, 11) is 0. The molecular formula is C18H26Cl2N2. The quantitative estimate of drug-likeness (QED) is 0.885. The zero-order chi connectivity index (χ0) is 13.8. The van der Waals surface area contributed by atoms with Gasteiger partial charge in [-0.25, -0.2) is 0 Å². The minimum atomic E-state index is 0. The lowest BCUT2D eigenvalue weighted by Crippen LogP contribution is -2.45. The number of fused-ring (bicyclic) bond motifs is 1. The highest BCUT2D eigenvalue weighted by Gasteiger charge is 2.21. The summed E-state index contributed by atoms with van der Waals surface area (Å²) in [5.74, 6) is 0. The summed E-state index contributed by atoms with van der Waals surface area (Å²) in [5.41, 5.74) is 1.48. The normalized spacial score (nSPS) is 16.6. The average Bonchev–Trinajstić information content (AvgIpc) is 2.53. The highest BCUT2D eigenvalue weighted by molar-refractivity contribution is 5.85. The van der Waals surface area contributed by atoms with Gasteiger partial charge in [0, 0.05) is 32.2 Å². The van der Waals surface area contributed by atoms with Crippen LogP contribution in [0, 0.1) is 0 Å². The molecule has 0 aliphatic carbocycles. The van der Waals surface area contributed by atoms with Gasteiger partial charge in [0.15, 0.2) is 0 Å². The van der Waals surface area contributed by atoms with Crippen molar-refractivity contribution in [3.63, 3.8) is 0 Å². The number of piperazine rings is 1. The molecule has 2 aromatic rings. The van der Waals surface area contributed by atoms with Gasteiger partial charge in [0.1, 0.15) is 0 Å². The molecule has 4 heteroatoms. The van der Waals surface area contributed by atoms with Gasteiger partial charge in [-0.15, -0.1) is 24.8 Å². The number of nitrogens with zero attached hydrogens (tertiary/aromatic N) is 1. The van der Waals surface area contributed by atoms with Gasteiger partial charge in [-0.2, -0.15) is 0 Å². The smallest absolute Gasteiger partial charge is 0.0349 e. The molecule has 1 atom stereocenters. The van der Waals surface area contributed by atoms with Crippen molar-refractivity contribution in [2.75, 3.05) is 26.2 Å². The predicted octanol–water partition coefficient (Wildman–Crippen LogP) is 4.43. The van der Waals surface area contributed by atoms with Gasteiger partial charge in [-0.1, -0.05) is 49.7 Å². The maximum Gasteiger partial charge on any atom is 0.0349 e. The van der Waals surface area contributed by atoms with E-state index < -0.39 is 0 Å². The molecule has 0 spiro atoms. The summed E-state index contributed by atoms with van der Waals surface area (Å²) >= 11 is 0. The number of benzene rings is 2. The van der Waals surface area contributed by atoms with E-state index in [1.54, 1.807) is 0 Å². The first kappa shape index (κ1) is 19.2. The van der Waals surface area contributed by atoms with E-state index in [0.29, 0.717) is 6.04 Å². The first-order valence-electron chi connectivity index (χ1n) is 7.82. The number of hydrogen-bond donors (Lipinski definition) is 1. The zero-order valence-electron chi connectivity index (χ0n) is 13.1. The number of hydrogen-bond acceptors (Lipinski definition) is 2. The van der Waals surface area contributed by atoms with Crippen molar-refractivity contribution < 1.29 is 0 Å². The van der Waals surface area contributed by atoms with Crippen LogP contribution in [0.1, 0.15) is 31.4 Å². The van der Waals surface area contributed by atoms with Crippen molar-refractivity contribution >= 4 is 35.6 Å². The molecule has 2 aromatic carbocycles. The van der Waals surface area contributed by atoms with Crippen LogP contribution in [-0.2, 0) is 0 Å². The van der Waals surface area contributed by atoms with Crippen molar-refractivity contribution in [1.82, 2.24) is 10.2 Å². The molecular weight excluding hydrogens is 315 g/mol. The van der Waals surface area contributed by atoms with Crippen LogP contribution in [0.2, 0.25) is 0 Å². The molecule has 0 amide bonds. The van der Waals surface area contributed by atoms with Gasteiger partial charge in [-0.3, -0.25) is 4.90 Å². The van der Waals surface area contributed by atoms with Gasteiger partial charge in [-0.05, 0) is 28.8 Å². The second-order valence-corrected chi connectivity index (χ2v) is 5.70. The number of rotatable bonds is 4. The van der Waals surface area contributed by atoms with Crippen LogP contribution in [0.15, 0.2) is 42.5 Å². The molecule has 0 aromatic heterocycles. The third kappa shape index (κ3) is 4.36. The van der Waals surface area contributed by atoms with Gasteiger partial charge in [0.25, 0.3) is 0 Å². The Balaban J connectivity index is 0.00000121. The van der Waals surface area contributed by atoms with Gasteiger partial charge >= 0.3 is 0 Å². The van der Waals surface area contributed by atoms with Crippen LogP contribution in [0.3, 0.4) is 0 Å². The Morgan fingerprint density at radius 2 is 1.68 bits per heavy atom. The Kier molecular flexibility index (Phi) is 8.19. The van der Waals surface area contributed by atoms with E-state index in [1.165, 1.54) is 29.2 Å². The summed E-state index contributed by atoms with van der Waals surface area (Å²) in [4.78, 5) is 2.64. The maximum atomic E-state index is 3.45. The fraction of sp³-hybridized carbons (Fsp3) is 0.444. The number of nitrogens with one attached hydrogen (secondary N) is 1.